The molecular formula is C28H28O3. The van der Waals surface area contributed by atoms with Gasteiger partial charge in [0.25, 0.3) is 6.47 Å². The Morgan fingerprint density at radius 2 is 1.81 bits per heavy atom. The fourth-order valence-electron chi connectivity index (χ4n) is 4.38. The van der Waals surface area contributed by atoms with Gasteiger partial charge in [-0.05, 0) is 43.0 Å². The van der Waals surface area contributed by atoms with Gasteiger partial charge in [-0.25, -0.2) is 0 Å². The van der Waals surface area contributed by atoms with Crippen LogP contribution in [0.5, 0.6) is 0 Å². The summed E-state index contributed by atoms with van der Waals surface area (Å²) in [6, 6.07) is 19.7. The molecule has 1 fully saturated rings. The van der Waals surface area contributed by atoms with Gasteiger partial charge in [0.05, 0.1) is 0 Å². The van der Waals surface area contributed by atoms with E-state index in [-0.39, 0.29) is 0 Å². The van der Waals surface area contributed by atoms with E-state index in [0.29, 0.717) is 25.7 Å². The highest BCUT2D eigenvalue weighted by molar-refractivity contribution is 5.47. The highest BCUT2D eigenvalue weighted by atomic mass is 16.5. The molecule has 3 heteroatoms. The quantitative estimate of drug-likeness (QED) is 0.407. The fraction of sp³-hybridized carbons (Fsp3) is 0.250. The second-order valence-electron chi connectivity index (χ2n) is 7.75. The first-order valence-corrected chi connectivity index (χ1v) is 10.5. The number of aliphatic hydroxyl groups is 1. The van der Waals surface area contributed by atoms with Gasteiger partial charge in [-0.1, -0.05) is 91.3 Å². The predicted molar refractivity (Wildman–Crippen MR) is 124 cm³/mol. The van der Waals surface area contributed by atoms with E-state index in [9.17, 15) is 9.90 Å². The molecule has 158 valence electrons. The molecule has 0 radical (unpaired) electrons. The molecule has 1 saturated carbocycles. The SMILES string of the molecule is C=C/C=C\C(=C/C)C1(c2ccccc2)CCC(O)(C#Cc2ccccc2)C(OC=O)C1. The van der Waals surface area contributed by atoms with Crippen molar-refractivity contribution in [1.82, 2.24) is 0 Å². The van der Waals surface area contributed by atoms with Gasteiger partial charge in [-0.2, -0.15) is 0 Å². The Hall–Kier alpha value is -3.35. The van der Waals surface area contributed by atoms with Crippen molar-refractivity contribution < 1.29 is 14.6 Å². The first kappa shape index (κ1) is 22.3. The minimum atomic E-state index is -1.42. The van der Waals surface area contributed by atoms with Crippen molar-refractivity contribution >= 4 is 6.47 Å². The molecule has 0 heterocycles. The first-order valence-electron chi connectivity index (χ1n) is 10.5. The molecule has 1 N–H and O–H groups in total. The van der Waals surface area contributed by atoms with Gasteiger partial charge >= 0.3 is 0 Å². The van der Waals surface area contributed by atoms with Gasteiger partial charge in [-0.3, -0.25) is 4.79 Å². The van der Waals surface area contributed by atoms with Gasteiger partial charge in [0.15, 0.2) is 5.60 Å². The second-order valence-corrected chi connectivity index (χ2v) is 7.75. The Kier molecular flexibility index (Phi) is 7.28. The number of ether oxygens (including phenoxy) is 1. The normalized spacial score (nSPS) is 26.0. The zero-order valence-corrected chi connectivity index (χ0v) is 17.8. The van der Waals surface area contributed by atoms with Crippen LogP contribution in [0.3, 0.4) is 0 Å². The monoisotopic (exact) mass is 412 g/mol. The van der Waals surface area contributed by atoms with Crippen molar-refractivity contribution in [2.45, 2.75) is 43.3 Å². The standard InChI is InChI=1S/C28H28O3/c1-3-5-14-24(4-2)27(25-15-10-7-11-16-25)19-20-28(30,26(21-27)31-22-29)18-17-23-12-8-6-9-13-23/h3-16,22,26,30H,1,19-21H2,2H3/b14-5-,24-4+. The molecule has 3 unspecified atom stereocenters. The van der Waals surface area contributed by atoms with Crippen molar-refractivity contribution in [3.8, 4) is 11.8 Å². The number of hydrogen-bond donors (Lipinski definition) is 1. The van der Waals surface area contributed by atoms with Crippen LogP contribution in [0.1, 0.15) is 37.3 Å². The molecular weight excluding hydrogens is 384 g/mol. The topological polar surface area (TPSA) is 46.5 Å². The molecule has 31 heavy (non-hydrogen) atoms. The predicted octanol–water partition coefficient (Wildman–Crippen LogP) is 5.12. The minimum absolute atomic E-state index is 0.375. The molecule has 0 aromatic heterocycles. The highest BCUT2D eigenvalue weighted by Crippen LogP contribution is 2.49. The number of hydrogen-bond acceptors (Lipinski definition) is 3. The van der Waals surface area contributed by atoms with E-state index in [0.717, 1.165) is 16.7 Å². The second kappa shape index (κ2) is 10.1. The molecule has 0 bridgehead atoms. The third kappa shape index (κ3) is 4.87. The molecule has 1 aliphatic carbocycles. The molecule has 3 rings (SSSR count). The van der Waals surface area contributed by atoms with E-state index in [1.165, 1.54) is 0 Å². The van der Waals surface area contributed by atoms with E-state index < -0.39 is 17.1 Å². The number of rotatable bonds is 6. The van der Waals surface area contributed by atoms with E-state index in [2.05, 4.69) is 36.6 Å². The van der Waals surface area contributed by atoms with Crippen molar-refractivity contribution in [1.29, 1.82) is 0 Å². The smallest absolute Gasteiger partial charge is 0.293 e. The number of allylic oxidation sites excluding steroid dienone is 5. The van der Waals surface area contributed by atoms with Crippen molar-refractivity contribution in [2.75, 3.05) is 0 Å². The average molecular weight is 413 g/mol. The lowest BCUT2D eigenvalue weighted by atomic mass is 9.60. The Morgan fingerprint density at radius 3 is 2.42 bits per heavy atom. The van der Waals surface area contributed by atoms with Crippen LogP contribution in [-0.4, -0.2) is 23.3 Å². The summed E-state index contributed by atoms with van der Waals surface area (Å²) in [5.41, 5.74) is 1.19. The van der Waals surface area contributed by atoms with E-state index in [1.54, 1.807) is 6.08 Å². The van der Waals surface area contributed by atoms with E-state index in [1.807, 2.05) is 67.6 Å². The maximum atomic E-state index is 11.4. The summed E-state index contributed by atoms with van der Waals surface area (Å²) in [7, 11) is 0. The highest BCUT2D eigenvalue weighted by Gasteiger charge is 2.51. The molecule has 2 aromatic carbocycles. The van der Waals surface area contributed by atoms with Crippen LogP contribution < -0.4 is 0 Å². The maximum Gasteiger partial charge on any atom is 0.293 e. The van der Waals surface area contributed by atoms with Crippen molar-refractivity contribution in [3.05, 3.63) is 108 Å². The van der Waals surface area contributed by atoms with Crippen LogP contribution in [0.4, 0.5) is 0 Å². The number of benzene rings is 2. The first-order chi connectivity index (χ1) is 15.1. The maximum absolute atomic E-state index is 11.4. The summed E-state index contributed by atoms with van der Waals surface area (Å²) in [4.78, 5) is 11.4. The van der Waals surface area contributed by atoms with E-state index in [4.69, 9.17) is 4.74 Å². The molecule has 3 nitrogen and oxygen atoms in total. The lowest BCUT2D eigenvalue weighted by molar-refractivity contribution is -0.151. The minimum Gasteiger partial charge on any atom is -0.460 e. The van der Waals surface area contributed by atoms with Crippen molar-refractivity contribution in [2.24, 2.45) is 0 Å². The van der Waals surface area contributed by atoms with Gasteiger partial charge in [0, 0.05) is 17.4 Å². The molecule has 0 spiro atoms. The average Bonchev–Trinajstić information content (AvgIpc) is 2.82. The number of carbonyl (C=O) groups is 1. The van der Waals surface area contributed by atoms with Crippen LogP contribution in [0.25, 0.3) is 0 Å². The van der Waals surface area contributed by atoms with Crippen LogP contribution >= 0.6 is 0 Å². The summed E-state index contributed by atoms with van der Waals surface area (Å²) in [6.07, 6.45) is 8.47. The summed E-state index contributed by atoms with van der Waals surface area (Å²) in [5.74, 6) is 6.06. The largest absolute Gasteiger partial charge is 0.460 e. The Labute approximate surface area is 184 Å². The molecule has 0 saturated heterocycles. The van der Waals surface area contributed by atoms with Gasteiger partial charge in [0.2, 0.25) is 0 Å². The Bertz CT molecular complexity index is 1010. The Morgan fingerprint density at radius 1 is 1.13 bits per heavy atom. The third-order valence-electron chi connectivity index (χ3n) is 6.02. The summed E-state index contributed by atoms with van der Waals surface area (Å²) < 4.78 is 5.46. The van der Waals surface area contributed by atoms with E-state index >= 15 is 0 Å². The molecule has 3 atom stereocenters. The van der Waals surface area contributed by atoms with Gasteiger partial charge in [-0.15, -0.1) is 0 Å². The summed E-state index contributed by atoms with van der Waals surface area (Å²) >= 11 is 0. The lowest BCUT2D eigenvalue weighted by Gasteiger charge is -2.47. The molecule has 1 aliphatic rings. The van der Waals surface area contributed by atoms with Gasteiger partial charge in [0.1, 0.15) is 6.10 Å². The van der Waals surface area contributed by atoms with Gasteiger partial charge < -0.3 is 9.84 Å². The fourth-order valence-corrected chi connectivity index (χ4v) is 4.38. The summed E-state index contributed by atoms with van der Waals surface area (Å²) in [6.45, 7) is 6.20. The Balaban J connectivity index is 2.05. The van der Waals surface area contributed by atoms with Crippen LogP contribution in [-0.2, 0) is 14.9 Å². The zero-order chi connectivity index (χ0) is 22.2. The molecule has 0 aliphatic heterocycles. The zero-order valence-electron chi connectivity index (χ0n) is 17.8. The number of carbonyl (C=O) groups excluding carboxylic acids is 1. The molecule has 0 amide bonds. The molecule has 2 aromatic rings. The van der Waals surface area contributed by atoms with Crippen LogP contribution in [0.15, 0.2) is 97.1 Å². The van der Waals surface area contributed by atoms with Crippen LogP contribution in [0.2, 0.25) is 0 Å². The van der Waals surface area contributed by atoms with Crippen molar-refractivity contribution in [3.63, 3.8) is 0 Å². The lowest BCUT2D eigenvalue weighted by Crippen LogP contribution is -2.52. The summed E-state index contributed by atoms with van der Waals surface area (Å²) in [5, 5.41) is 11.4. The third-order valence-corrected chi connectivity index (χ3v) is 6.02. The van der Waals surface area contributed by atoms with Crippen LogP contribution in [0, 0.1) is 11.8 Å².